The molecule has 0 aromatic carbocycles. The first-order chi connectivity index (χ1) is 9.65. The van der Waals surface area contributed by atoms with Crippen LogP contribution in [0.25, 0.3) is 0 Å². The first-order valence-electron chi connectivity index (χ1n) is 6.39. The average molecular weight is 299 g/mol. The number of halogens is 3. The molecule has 0 bridgehead atoms. The van der Waals surface area contributed by atoms with Crippen molar-refractivity contribution >= 4 is 5.91 Å². The highest BCUT2D eigenvalue weighted by Gasteiger charge is 2.36. The van der Waals surface area contributed by atoms with E-state index in [1.54, 1.807) is 20.8 Å². The van der Waals surface area contributed by atoms with Crippen LogP contribution in [0.5, 0.6) is 0 Å². The fourth-order valence-electron chi connectivity index (χ4n) is 1.69. The fraction of sp³-hybridized carbons (Fsp3) is 0.500. The lowest BCUT2D eigenvalue weighted by atomic mass is 10.0. The molecule has 0 aliphatic carbocycles. The molecule has 0 aliphatic heterocycles. The molecule has 0 N–H and O–H groups in total. The van der Waals surface area contributed by atoms with Gasteiger partial charge in [0, 0.05) is 12.2 Å². The summed E-state index contributed by atoms with van der Waals surface area (Å²) < 4.78 is 38.0. The van der Waals surface area contributed by atoms with Crippen molar-refractivity contribution in [2.45, 2.75) is 33.0 Å². The van der Waals surface area contributed by atoms with Crippen LogP contribution in [0.3, 0.4) is 0 Å². The van der Waals surface area contributed by atoms with Crippen LogP contribution in [-0.2, 0) is 0 Å². The minimum atomic E-state index is -4.48. The molecule has 1 aromatic rings. The Hall–Kier alpha value is -2.10. The van der Waals surface area contributed by atoms with Gasteiger partial charge in [-0.1, -0.05) is 13.8 Å². The molecular weight excluding hydrogens is 283 g/mol. The summed E-state index contributed by atoms with van der Waals surface area (Å²) in [6.07, 6.45) is -3.32. The van der Waals surface area contributed by atoms with Crippen molar-refractivity contribution in [1.29, 1.82) is 5.26 Å². The van der Waals surface area contributed by atoms with Gasteiger partial charge in [-0.05, 0) is 25.0 Å². The summed E-state index contributed by atoms with van der Waals surface area (Å²) >= 11 is 0. The molecule has 1 amide bonds. The molecule has 0 fully saturated rings. The minimum Gasteiger partial charge on any atom is -0.325 e. The lowest BCUT2D eigenvalue weighted by molar-refractivity contribution is -0.145. The van der Waals surface area contributed by atoms with E-state index in [0.29, 0.717) is 0 Å². The van der Waals surface area contributed by atoms with E-state index in [9.17, 15) is 18.0 Å². The number of aromatic nitrogens is 1. The number of alkyl halides is 3. The van der Waals surface area contributed by atoms with E-state index in [2.05, 4.69) is 4.98 Å². The SMILES string of the molecule is CC(C)C(C)N(CC(F)(F)F)C(=O)c1ccc(C#N)cn1. The second kappa shape index (κ2) is 6.57. The highest BCUT2D eigenvalue weighted by Crippen LogP contribution is 2.22. The molecule has 0 aliphatic rings. The number of hydrogen-bond donors (Lipinski definition) is 0. The molecule has 21 heavy (non-hydrogen) atoms. The van der Waals surface area contributed by atoms with Gasteiger partial charge in [0.05, 0.1) is 5.56 Å². The predicted octanol–water partition coefficient (Wildman–Crippen LogP) is 3.00. The maximum atomic E-state index is 12.7. The third kappa shape index (κ3) is 4.74. The molecule has 1 rings (SSSR count). The van der Waals surface area contributed by atoms with Crippen molar-refractivity contribution in [1.82, 2.24) is 9.88 Å². The number of nitrogens with zero attached hydrogens (tertiary/aromatic N) is 3. The zero-order valence-corrected chi connectivity index (χ0v) is 12.0. The van der Waals surface area contributed by atoms with Gasteiger partial charge in [-0.3, -0.25) is 4.79 Å². The second-order valence-corrected chi connectivity index (χ2v) is 5.08. The molecule has 0 spiro atoms. The van der Waals surface area contributed by atoms with Crippen molar-refractivity contribution in [3.8, 4) is 6.07 Å². The molecule has 7 heteroatoms. The molecule has 0 radical (unpaired) electrons. The lowest BCUT2D eigenvalue weighted by Gasteiger charge is -2.32. The standard InChI is InChI=1S/C14H16F3N3O/c1-9(2)10(3)20(8-14(15,16)17)13(21)12-5-4-11(6-18)7-19-12/h4-5,7,9-10H,8H2,1-3H3. The number of nitriles is 1. The Morgan fingerprint density at radius 1 is 1.38 bits per heavy atom. The molecule has 4 nitrogen and oxygen atoms in total. The largest absolute Gasteiger partial charge is 0.406 e. The van der Waals surface area contributed by atoms with E-state index in [-0.39, 0.29) is 17.2 Å². The fourth-order valence-corrected chi connectivity index (χ4v) is 1.69. The van der Waals surface area contributed by atoms with E-state index < -0.39 is 24.7 Å². The second-order valence-electron chi connectivity index (χ2n) is 5.08. The zero-order chi connectivity index (χ0) is 16.2. The maximum Gasteiger partial charge on any atom is 0.406 e. The normalized spacial score (nSPS) is 12.9. The summed E-state index contributed by atoms with van der Waals surface area (Å²) in [6, 6.07) is 3.86. The number of pyridine rings is 1. The highest BCUT2D eigenvalue weighted by molar-refractivity contribution is 5.92. The summed E-state index contributed by atoms with van der Waals surface area (Å²) in [7, 11) is 0. The quantitative estimate of drug-likeness (QED) is 0.858. The molecule has 114 valence electrons. The third-order valence-corrected chi connectivity index (χ3v) is 3.18. The predicted molar refractivity (Wildman–Crippen MR) is 70.3 cm³/mol. The summed E-state index contributed by atoms with van der Waals surface area (Å²) in [5.74, 6) is -0.923. The van der Waals surface area contributed by atoms with Crippen LogP contribution in [0.2, 0.25) is 0 Å². The van der Waals surface area contributed by atoms with E-state index in [4.69, 9.17) is 5.26 Å². The van der Waals surface area contributed by atoms with Crippen LogP contribution in [0.4, 0.5) is 13.2 Å². The van der Waals surface area contributed by atoms with Crippen molar-refractivity contribution in [3.63, 3.8) is 0 Å². The highest BCUT2D eigenvalue weighted by atomic mass is 19.4. The zero-order valence-electron chi connectivity index (χ0n) is 12.0. The van der Waals surface area contributed by atoms with Gasteiger partial charge in [0.25, 0.3) is 5.91 Å². The third-order valence-electron chi connectivity index (χ3n) is 3.18. The Morgan fingerprint density at radius 2 is 2.00 bits per heavy atom. The Bertz CT molecular complexity index is 532. The van der Waals surface area contributed by atoms with Crippen LogP contribution in [-0.4, -0.2) is 34.6 Å². The van der Waals surface area contributed by atoms with Crippen LogP contribution in [0.1, 0.15) is 36.8 Å². The summed E-state index contributed by atoms with van der Waals surface area (Å²) in [6.45, 7) is 3.73. The summed E-state index contributed by atoms with van der Waals surface area (Å²) in [4.78, 5) is 16.8. The summed E-state index contributed by atoms with van der Waals surface area (Å²) in [5, 5.41) is 8.66. The first kappa shape index (κ1) is 17.0. The Kier molecular flexibility index (Phi) is 5.30. The molecule has 1 aromatic heterocycles. The van der Waals surface area contributed by atoms with Crippen molar-refractivity contribution in [3.05, 3.63) is 29.6 Å². The van der Waals surface area contributed by atoms with Gasteiger partial charge in [-0.15, -0.1) is 0 Å². The number of carbonyl (C=O) groups excluding carboxylic acids is 1. The average Bonchev–Trinajstić information content (AvgIpc) is 2.42. The van der Waals surface area contributed by atoms with Gasteiger partial charge in [0.2, 0.25) is 0 Å². The van der Waals surface area contributed by atoms with Crippen LogP contribution in [0, 0.1) is 17.2 Å². The van der Waals surface area contributed by atoms with Crippen LogP contribution < -0.4 is 0 Å². The topological polar surface area (TPSA) is 57.0 Å². The molecule has 1 atom stereocenters. The van der Waals surface area contributed by atoms with E-state index >= 15 is 0 Å². The maximum absolute atomic E-state index is 12.7. The summed E-state index contributed by atoms with van der Waals surface area (Å²) in [5.41, 5.74) is 0.136. The molecule has 0 saturated carbocycles. The van der Waals surface area contributed by atoms with E-state index in [1.807, 2.05) is 6.07 Å². The molecule has 1 unspecified atom stereocenters. The van der Waals surface area contributed by atoms with Crippen LogP contribution in [0.15, 0.2) is 18.3 Å². The number of amides is 1. The van der Waals surface area contributed by atoms with E-state index in [1.165, 1.54) is 18.3 Å². The molecular formula is C14H16F3N3O. The van der Waals surface area contributed by atoms with Gasteiger partial charge < -0.3 is 4.90 Å². The number of carbonyl (C=O) groups is 1. The number of rotatable bonds is 4. The van der Waals surface area contributed by atoms with Crippen LogP contribution >= 0.6 is 0 Å². The number of hydrogen-bond acceptors (Lipinski definition) is 3. The van der Waals surface area contributed by atoms with Gasteiger partial charge in [0.1, 0.15) is 18.3 Å². The van der Waals surface area contributed by atoms with E-state index in [0.717, 1.165) is 4.90 Å². The van der Waals surface area contributed by atoms with Crippen molar-refractivity contribution in [2.24, 2.45) is 5.92 Å². The lowest BCUT2D eigenvalue weighted by Crippen LogP contribution is -2.46. The monoisotopic (exact) mass is 299 g/mol. The van der Waals surface area contributed by atoms with Gasteiger partial charge >= 0.3 is 6.18 Å². The smallest absolute Gasteiger partial charge is 0.325 e. The van der Waals surface area contributed by atoms with Gasteiger partial charge in [0.15, 0.2) is 0 Å². The Labute approximate surface area is 121 Å². The minimum absolute atomic E-state index is 0.106. The van der Waals surface area contributed by atoms with Gasteiger partial charge in [-0.25, -0.2) is 4.98 Å². The van der Waals surface area contributed by atoms with Gasteiger partial charge in [-0.2, -0.15) is 18.4 Å². The Balaban J connectivity index is 3.06. The molecule has 1 heterocycles. The first-order valence-corrected chi connectivity index (χ1v) is 6.39. The Morgan fingerprint density at radius 3 is 2.38 bits per heavy atom. The molecule has 0 saturated heterocycles. The van der Waals surface area contributed by atoms with Crippen molar-refractivity contribution < 1.29 is 18.0 Å². The van der Waals surface area contributed by atoms with Crippen molar-refractivity contribution in [2.75, 3.05) is 6.54 Å².